The van der Waals surface area contributed by atoms with Crippen molar-refractivity contribution in [3.63, 3.8) is 0 Å². The summed E-state index contributed by atoms with van der Waals surface area (Å²) < 4.78 is 31.1. The predicted octanol–water partition coefficient (Wildman–Crippen LogP) is 3.28. The van der Waals surface area contributed by atoms with Gasteiger partial charge >= 0.3 is 0 Å². The lowest BCUT2D eigenvalue weighted by Gasteiger charge is -2.24. The summed E-state index contributed by atoms with van der Waals surface area (Å²) in [5, 5.41) is 8.55. The van der Waals surface area contributed by atoms with Gasteiger partial charge in [-0.15, -0.1) is 11.3 Å². The van der Waals surface area contributed by atoms with E-state index in [1.807, 2.05) is 49.6 Å². The Balaban J connectivity index is 1.53. The molecular weight excluding hydrogens is 424 g/mol. The van der Waals surface area contributed by atoms with Crippen molar-refractivity contribution in [1.82, 2.24) is 15.5 Å². The van der Waals surface area contributed by atoms with Gasteiger partial charge < -0.3 is 9.84 Å². The number of rotatable bonds is 9. The monoisotopic (exact) mass is 448 g/mol. The largest absolute Gasteiger partial charge is 0.347 e. The van der Waals surface area contributed by atoms with E-state index in [1.54, 1.807) is 0 Å². The van der Waals surface area contributed by atoms with Crippen LogP contribution in [0, 0.1) is 13.8 Å². The van der Waals surface area contributed by atoms with Crippen LogP contribution in [0.5, 0.6) is 0 Å². The second-order valence-electron chi connectivity index (χ2n) is 6.99. The second kappa shape index (κ2) is 9.40. The maximum atomic E-state index is 12.3. The van der Waals surface area contributed by atoms with Gasteiger partial charge in [0.05, 0.1) is 23.4 Å². The zero-order valence-corrected chi connectivity index (χ0v) is 18.7. The second-order valence-corrected chi connectivity index (χ2v) is 9.85. The van der Waals surface area contributed by atoms with E-state index in [9.17, 15) is 13.2 Å². The molecule has 0 atom stereocenters. The highest BCUT2D eigenvalue weighted by atomic mass is 32.2. The van der Waals surface area contributed by atoms with E-state index in [1.165, 1.54) is 21.9 Å². The van der Waals surface area contributed by atoms with Gasteiger partial charge in [-0.05, 0) is 48.9 Å². The number of carbonyl (C=O) groups is 1. The fourth-order valence-corrected chi connectivity index (χ4v) is 4.60. The smallest absolute Gasteiger partial charge is 0.246 e. The van der Waals surface area contributed by atoms with Crippen LogP contribution in [0.4, 0.5) is 5.69 Å². The van der Waals surface area contributed by atoms with E-state index in [0.717, 1.165) is 16.0 Å². The van der Waals surface area contributed by atoms with Crippen LogP contribution in [0.3, 0.4) is 0 Å². The lowest BCUT2D eigenvalue weighted by Crippen LogP contribution is -2.32. The Morgan fingerprint density at radius 1 is 1.27 bits per heavy atom. The number of benzene rings is 1. The Bertz CT molecular complexity index is 1110. The molecule has 0 saturated carbocycles. The van der Waals surface area contributed by atoms with Crippen molar-refractivity contribution in [2.45, 2.75) is 33.2 Å². The van der Waals surface area contributed by atoms with Crippen LogP contribution in [-0.4, -0.2) is 37.3 Å². The van der Waals surface area contributed by atoms with Crippen molar-refractivity contribution in [2.24, 2.45) is 0 Å². The molecule has 1 amide bonds. The molecule has 3 aromatic rings. The minimum absolute atomic E-state index is 0.129. The molecule has 0 aliphatic heterocycles. The van der Waals surface area contributed by atoms with Crippen LogP contribution in [0.25, 0.3) is 10.7 Å². The number of anilines is 1. The molecule has 10 heteroatoms. The molecule has 0 unspecified atom stereocenters. The van der Waals surface area contributed by atoms with Crippen molar-refractivity contribution >= 4 is 33.0 Å². The first-order chi connectivity index (χ1) is 14.2. The summed E-state index contributed by atoms with van der Waals surface area (Å²) >= 11 is 1.50. The van der Waals surface area contributed by atoms with Gasteiger partial charge in [-0.2, -0.15) is 4.98 Å². The fourth-order valence-electron chi connectivity index (χ4n) is 2.93. The Morgan fingerprint density at radius 2 is 2.07 bits per heavy atom. The van der Waals surface area contributed by atoms with Gasteiger partial charge in [0.25, 0.3) is 0 Å². The lowest BCUT2D eigenvalue weighted by atomic mass is 10.1. The summed E-state index contributed by atoms with van der Waals surface area (Å²) in [7, 11) is -3.46. The van der Waals surface area contributed by atoms with E-state index >= 15 is 0 Å². The van der Waals surface area contributed by atoms with Crippen LogP contribution in [0.15, 0.2) is 40.2 Å². The molecular formula is C20H24N4O4S2. The molecule has 0 spiro atoms. The molecule has 0 aliphatic rings. The molecule has 0 bridgehead atoms. The number of carbonyl (C=O) groups excluding carboxylic acids is 1. The van der Waals surface area contributed by atoms with Crippen molar-refractivity contribution in [1.29, 1.82) is 0 Å². The van der Waals surface area contributed by atoms with Crippen molar-refractivity contribution in [3.8, 4) is 10.7 Å². The fraction of sp³-hybridized carbons (Fsp3) is 0.350. The summed E-state index contributed by atoms with van der Waals surface area (Å²) in [5.41, 5.74) is 2.49. The van der Waals surface area contributed by atoms with E-state index < -0.39 is 10.0 Å². The van der Waals surface area contributed by atoms with Crippen molar-refractivity contribution in [3.05, 3.63) is 52.7 Å². The van der Waals surface area contributed by atoms with Gasteiger partial charge in [0.2, 0.25) is 27.6 Å². The summed E-state index contributed by atoms with van der Waals surface area (Å²) in [6.45, 7) is 4.14. The average molecular weight is 449 g/mol. The molecule has 30 heavy (non-hydrogen) atoms. The molecule has 0 aliphatic carbocycles. The number of aromatic nitrogens is 2. The number of sulfonamides is 1. The number of nitrogens with zero attached hydrogens (tertiary/aromatic N) is 3. The van der Waals surface area contributed by atoms with Crippen molar-refractivity contribution in [2.75, 3.05) is 17.1 Å². The molecule has 0 saturated heterocycles. The molecule has 2 heterocycles. The maximum Gasteiger partial charge on any atom is 0.246 e. The van der Waals surface area contributed by atoms with Gasteiger partial charge in [0, 0.05) is 13.0 Å². The highest BCUT2D eigenvalue weighted by molar-refractivity contribution is 7.92. The summed E-state index contributed by atoms with van der Waals surface area (Å²) in [4.78, 5) is 17.3. The number of amides is 1. The number of hydrogen-bond acceptors (Lipinski definition) is 7. The Labute approximate surface area is 180 Å². The van der Waals surface area contributed by atoms with Gasteiger partial charge in [-0.25, -0.2) is 8.42 Å². The standard InChI is InChI=1S/C20H24N4O4S2/c1-14-8-9-15(2)16(12-14)24(30(3,26)27)10-4-7-18(25)21-13-19-22-20(23-28-19)17-6-5-11-29-17/h5-6,8-9,11-12H,4,7,10,13H2,1-3H3,(H,21,25). The average Bonchev–Trinajstić information content (AvgIpc) is 3.36. The quantitative estimate of drug-likeness (QED) is 0.539. The third-order valence-electron chi connectivity index (χ3n) is 4.45. The third-order valence-corrected chi connectivity index (χ3v) is 6.49. The van der Waals surface area contributed by atoms with E-state index in [-0.39, 0.29) is 25.4 Å². The van der Waals surface area contributed by atoms with Crippen LogP contribution in [0.2, 0.25) is 0 Å². The highest BCUT2D eigenvalue weighted by Crippen LogP contribution is 2.24. The Morgan fingerprint density at radius 3 is 2.77 bits per heavy atom. The zero-order chi connectivity index (χ0) is 21.7. The molecule has 1 N–H and O–H groups in total. The Hall–Kier alpha value is -2.72. The van der Waals surface area contributed by atoms with Gasteiger partial charge in [-0.3, -0.25) is 9.10 Å². The zero-order valence-electron chi connectivity index (χ0n) is 17.1. The summed E-state index contributed by atoms with van der Waals surface area (Å²) in [5.74, 6) is 0.603. The van der Waals surface area contributed by atoms with Crippen LogP contribution >= 0.6 is 11.3 Å². The normalized spacial score (nSPS) is 11.4. The third kappa shape index (κ3) is 5.67. The van der Waals surface area contributed by atoms with Crippen LogP contribution in [0.1, 0.15) is 29.9 Å². The lowest BCUT2D eigenvalue weighted by molar-refractivity contribution is -0.121. The molecule has 1 aromatic carbocycles. The van der Waals surface area contributed by atoms with E-state index in [0.29, 0.717) is 23.8 Å². The van der Waals surface area contributed by atoms with E-state index in [4.69, 9.17) is 4.52 Å². The van der Waals surface area contributed by atoms with Gasteiger partial charge in [0.15, 0.2) is 0 Å². The Kier molecular flexibility index (Phi) is 6.88. The molecule has 8 nitrogen and oxygen atoms in total. The first-order valence-electron chi connectivity index (χ1n) is 9.42. The number of aryl methyl sites for hydroxylation is 2. The predicted molar refractivity (Wildman–Crippen MR) is 117 cm³/mol. The van der Waals surface area contributed by atoms with Gasteiger partial charge in [-0.1, -0.05) is 23.4 Å². The maximum absolute atomic E-state index is 12.3. The molecule has 0 radical (unpaired) electrons. The SMILES string of the molecule is Cc1ccc(C)c(N(CCCC(=O)NCc2nc(-c3cccs3)no2)S(C)(=O)=O)c1. The topological polar surface area (TPSA) is 105 Å². The van der Waals surface area contributed by atoms with Crippen LogP contribution in [-0.2, 0) is 21.4 Å². The number of nitrogens with one attached hydrogen (secondary N) is 1. The molecule has 0 fully saturated rings. The summed E-state index contributed by atoms with van der Waals surface area (Å²) in [6, 6.07) is 9.47. The summed E-state index contributed by atoms with van der Waals surface area (Å²) in [6.07, 6.45) is 1.75. The molecule has 3 rings (SSSR count). The minimum Gasteiger partial charge on any atom is -0.347 e. The van der Waals surface area contributed by atoms with Crippen LogP contribution < -0.4 is 9.62 Å². The minimum atomic E-state index is -3.46. The number of thiophene rings is 1. The first-order valence-corrected chi connectivity index (χ1v) is 12.1. The number of hydrogen-bond donors (Lipinski definition) is 1. The molecule has 2 aromatic heterocycles. The van der Waals surface area contributed by atoms with Gasteiger partial charge in [0.1, 0.15) is 0 Å². The van der Waals surface area contributed by atoms with Crippen molar-refractivity contribution < 1.29 is 17.7 Å². The molecule has 160 valence electrons. The van der Waals surface area contributed by atoms with E-state index in [2.05, 4.69) is 15.5 Å². The first kappa shape index (κ1) is 22.0. The highest BCUT2D eigenvalue weighted by Gasteiger charge is 2.19.